The summed E-state index contributed by atoms with van der Waals surface area (Å²) in [4.78, 5) is 22.4. The molecule has 0 heterocycles. The minimum absolute atomic E-state index is 0.0228. The quantitative estimate of drug-likeness (QED) is 0.494. The molecule has 8 heteroatoms. The molecule has 25 heavy (non-hydrogen) atoms. The molecule has 0 amide bonds. The van der Waals surface area contributed by atoms with Crippen molar-refractivity contribution < 1.29 is 32.0 Å². The van der Waals surface area contributed by atoms with Gasteiger partial charge in [-0.25, -0.2) is 4.79 Å². The molecule has 0 saturated heterocycles. The van der Waals surface area contributed by atoms with Gasteiger partial charge in [0.15, 0.2) is 0 Å². The molecule has 1 N–H and O–H groups in total. The van der Waals surface area contributed by atoms with E-state index in [1.54, 1.807) is 19.1 Å². The van der Waals surface area contributed by atoms with Crippen molar-refractivity contribution in [3.05, 3.63) is 48.0 Å². The summed E-state index contributed by atoms with van der Waals surface area (Å²) in [6.07, 6.45) is 0. The minimum Gasteiger partial charge on any atom is -0.462 e. The van der Waals surface area contributed by atoms with E-state index < -0.39 is 27.0 Å². The first-order valence-corrected chi connectivity index (χ1v) is 8.74. The Labute approximate surface area is 144 Å². The van der Waals surface area contributed by atoms with Crippen molar-refractivity contribution in [3.8, 4) is 16.9 Å². The Kier molecular flexibility index (Phi) is 5.55. The summed E-state index contributed by atoms with van der Waals surface area (Å²) in [7, 11) is -4.59. The van der Waals surface area contributed by atoms with Crippen LogP contribution in [0.1, 0.15) is 24.2 Å². The predicted molar refractivity (Wildman–Crippen MR) is 89.0 cm³/mol. The lowest BCUT2D eigenvalue weighted by Crippen LogP contribution is -2.06. The molecule has 0 aromatic heterocycles. The monoisotopic (exact) mass is 364 g/mol. The zero-order valence-electron chi connectivity index (χ0n) is 13.6. The Bertz CT molecular complexity index is 916. The van der Waals surface area contributed by atoms with Crippen LogP contribution in [0.15, 0.2) is 47.4 Å². The summed E-state index contributed by atoms with van der Waals surface area (Å²) >= 11 is 0. The molecule has 0 atom stereocenters. The van der Waals surface area contributed by atoms with Crippen LogP contribution in [0.4, 0.5) is 0 Å². The highest BCUT2D eigenvalue weighted by Gasteiger charge is 2.19. The zero-order valence-corrected chi connectivity index (χ0v) is 14.4. The SMILES string of the molecule is CCOC(=O)c1cccc(-c2ccc(OC(C)=O)cc2S(=O)(=O)O)c1. The Morgan fingerprint density at radius 2 is 1.84 bits per heavy atom. The van der Waals surface area contributed by atoms with Crippen molar-refractivity contribution in [1.82, 2.24) is 0 Å². The van der Waals surface area contributed by atoms with Gasteiger partial charge in [0, 0.05) is 18.6 Å². The molecule has 0 radical (unpaired) electrons. The molecule has 0 unspecified atom stereocenters. The van der Waals surface area contributed by atoms with Crippen molar-refractivity contribution in [1.29, 1.82) is 0 Å². The number of hydrogen-bond donors (Lipinski definition) is 1. The number of rotatable bonds is 5. The Balaban J connectivity index is 2.57. The second-order valence-electron chi connectivity index (χ2n) is 5.03. The average molecular weight is 364 g/mol. The second kappa shape index (κ2) is 7.45. The van der Waals surface area contributed by atoms with Gasteiger partial charge in [0.25, 0.3) is 10.1 Å². The third kappa shape index (κ3) is 4.65. The van der Waals surface area contributed by atoms with Crippen LogP contribution in [0.5, 0.6) is 5.75 Å². The summed E-state index contributed by atoms with van der Waals surface area (Å²) in [5.74, 6) is -1.20. The van der Waals surface area contributed by atoms with Crippen molar-refractivity contribution in [2.45, 2.75) is 18.7 Å². The molecule has 0 aliphatic carbocycles. The number of hydrogen-bond acceptors (Lipinski definition) is 6. The van der Waals surface area contributed by atoms with E-state index >= 15 is 0 Å². The lowest BCUT2D eigenvalue weighted by Gasteiger charge is -2.11. The minimum atomic E-state index is -4.59. The standard InChI is InChI=1S/C17H16O7S/c1-3-23-17(19)13-6-4-5-12(9-13)15-8-7-14(24-11(2)18)10-16(15)25(20,21)22/h4-10H,3H2,1-2H3,(H,20,21,22). The van der Waals surface area contributed by atoms with Crippen molar-refractivity contribution >= 4 is 22.1 Å². The van der Waals surface area contributed by atoms with Crippen LogP contribution in [-0.4, -0.2) is 31.5 Å². The van der Waals surface area contributed by atoms with Gasteiger partial charge in [-0.1, -0.05) is 12.1 Å². The summed E-state index contributed by atoms with van der Waals surface area (Å²) < 4.78 is 42.7. The van der Waals surface area contributed by atoms with Gasteiger partial charge < -0.3 is 9.47 Å². The van der Waals surface area contributed by atoms with E-state index in [0.29, 0.717) is 5.56 Å². The van der Waals surface area contributed by atoms with Crippen LogP contribution in [0.25, 0.3) is 11.1 Å². The molecule has 0 spiro atoms. The number of ether oxygens (including phenoxy) is 2. The largest absolute Gasteiger partial charge is 0.462 e. The van der Waals surface area contributed by atoms with Crippen molar-refractivity contribution in [2.24, 2.45) is 0 Å². The van der Waals surface area contributed by atoms with Crippen LogP contribution >= 0.6 is 0 Å². The first-order chi connectivity index (χ1) is 11.7. The number of carbonyl (C=O) groups is 2. The molecule has 0 bridgehead atoms. The van der Waals surface area contributed by atoms with Gasteiger partial charge in [-0.2, -0.15) is 8.42 Å². The molecule has 2 aromatic carbocycles. The fourth-order valence-electron chi connectivity index (χ4n) is 2.21. The smallest absolute Gasteiger partial charge is 0.338 e. The fourth-order valence-corrected chi connectivity index (χ4v) is 2.94. The van der Waals surface area contributed by atoms with Gasteiger partial charge in [-0.05, 0) is 36.8 Å². The Morgan fingerprint density at radius 1 is 1.12 bits per heavy atom. The van der Waals surface area contributed by atoms with Gasteiger partial charge >= 0.3 is 11.9 Å². The second-order valence-corrected chi connectivity index (χ2v) is 6.42. The van der Waals surface area contributed by atoms with Gasteiger partial charge in [-0.15, -0.1) is 0 Å². The fraction of sp³-hybridized carbons (Fsp3) is 0.176. The van der Waals surface area contributed by atoms with E-state index in [1.807, 2.05) is 0 Å². The molecule has 0 saturated carbocycles. The molecule has 7 nitrogen and oxygen atoms in total. The molecule has 0 aliphatic heterocycles. The van der Waals surface area contributed by atoms with Gasteiger partial charge in [0.2, 0.25) is 0 Å². The summed E-state index contributed by atoms with van der Waals surface area (Å²) in [5.41, 5.74) is 0.779. The highest BCUT2D eigenvalue weighted by atomic mass is 32.2. The van der Waals surface area contributed by atoms with Crippen LogP contribution in [-0.2, 0) is 19.6 Å². The van der Waals surface area contributed by atoms with Crippen LogP contribution < -0.4 is 4.74 Å². The topological polar surface area (TPSA) is 107 Å². The van der Waals surface area contributed by atoms with Crippen LogP contribution in [0.3, 0.4) is 0 Å². The zero-order chi connectivity index (χ0) is 18.6. The molecule has 0 fully saturated rings. The maximum atomic E-state index is 11.8. The van der Waals surface area contributed by atoms with Crippen LogP contribution in [0, 0.1) is 0 Å². The first-order valence-electron chi connectivity index (χ1n) is 7.30. The van der Waals surface area contributed by atoms with Crippen molar-refractivity contribution in [3.63, 3.8) is 0 Å². The third-order valence-electron chi connectivity index (χ3n) is 3.18. The van der Waals surface area contributed by atoms with E-state index in [0.717, 1.165) is 6.07 Å². The van der Waals surface area contributed by atoms with E-state index in [4.69, 9.17) is 9.47 Å². The molecule has 0 aliphatic rings. The highest BCUT2D eigenvalue weighted by molar-refractivity contribution is 7.86. The normalized spacial score (nSPS) is 11.0. The van der Waals surface area contributed by atoms with E-state index in [2.05, 4.69) is 0 Å². The molecule has 2 rings (SSSR count). The maximum absolute atomic E-state index is 11.8. The molecular formula is C17H16O7S. The maximum Gasteiger partial charge on any atom is 0.338 e. The lowest BCUT2D eigenvalue weighted by atomic mass is 10.0. The number of benzene rings is 2. The van der Waals surface area contributed by atoms with Gasteiger partial charge in [0.1, 0.15) is 10.6 Å². The van der Waals surface area contributed by atoms with E-state index in [-0.39, 0.29) is 23.5 Å². The predicted octanol–water partition coefficient (Wildman–Crippen LogP) is 2.70. The van der Waals surface area contributed by atoms with Gasteiger partial charge in [0.05, 0.1) is 12.2 Å². The van der Waals surface area contributed by atoms with Crippen molar-refractivity contribution in [2.75, 3.05) is 6.61 Å². The summed E-state index contributed by atoms with van der Waals surface area (Å²) in [5, 5.41) is 0. The Morgan fingerprint density at radius 3 is 2.44 bits per heavy atom. The lowest BCUT2D eigenvalue weighted by molar-refractivity contribution is -0.131. The summed E-state index contributed by atoms with van der Waals surface area (Å²) in [6, 6.07) is 9.94. The first kappa shape index (κ1) is 18.6. The number of esters is 2. The molecule has 132 valence electrons. The van der Waals surface area contributed by atoms with Crippen LogP contribution in [0.2, 0.25) is 0 Å². The molecular weight excluding hydrogens is 348 g/mol. The Hall–Kier alpha value is -2.71. The third-order valence-corrected chi connectivity index (χ3v) is 4.07. The molecule has 2 aromatic rings. The van der Waals surface area contributed by atoms with E-state index in [9.17, 15) is 22.6 Å². The average Bonchev–Trinajstić information content (AvgIpc) is 2.54. The number of carbonyl (C=O) groups excluding carboxylic acids is 2. The van der Waals surface area contributed by atoms with Gasteiger partial charge in [-0.3, -0.25) is 9.35 Å². The highest BCUT2D eigenvalue weighted by Crippen LogP contribution is 2.31. The van der Waals surface area contributed by atoms with E-state index in [1.165, 1.54) is 31.2 Å². The summed E-state index contributed by atoms with van der Waals surface area (Å²) in [6.45, 7) is 3.05.